The smallest absolute Gasteiger partial charge is 0.342 e. The molecule has 0 aromatic heterocycles. The topological polar surface area (TPSA) is 55.8 Å². The van der Waals surface area contributed by atoms with E-state index in [1.807, 2.05) is 39.6 Å². The molecule has 5 nitrogen and oxygen atoms in total. The molecule has 0 unspecified atom stereocenters. The van der Waals surface area contributed by atoms with Crippen LogP contribution in [0.2, 0.25) is 0 Å². The van der Waals surface area contributed by atoms with E-state index in [2.05, 4.69) is 19.9 Å². The van der Waals surface area contributed by atoms with E-state index >= 15 is 0 Å². The first-order valence-electron chi connectivity index (χ1n) is 12.4. The fraction of sp³-hybridized carbons (Fsp3) is 0.880. The second-order valence-electron chi connectivity index (χ2n) is 11.6. The number of carbonyl (C=O) groups excluding carboxylic acids is 1. The van der Waals surface area contributed by atoms with Crippen LogP contribution < -0.4 is 0 Å². The average Bonchev–Trinajstić information content (AvgIpc) is 3.02. The van der Waals surface area contributed by atoms with E-state index in [4.69, 9.17) is 9.05 Å². The van der Waals surface area contributed by atoms with Crippen molar-refractivity contribution in [3.63, 3.8) is 0 Å². The summed E-state index contributed by atoms with van der Waals surface area (Å²) in [5.41, 5.74) is 0.0717. The Kier molecular flexibility index (Phi) is 6.06. The summed E-state index contributed by atoms with van der Waals surface area (Å²) >= 11 is 0. The first-order chi connectivity index (χ1) is 14.4. The first kappa shape index (κ1) is 23.5. The van der Waals surface area contributed by atoms with Gasteiger partial charge >= 0.3 is 7.60 Å². The summed E-state index contributed by atoms with van der Waals surface area (Å²) in [5.74, 6) is 2.04. The van der Waals surface area contributed by atoms with Crippen molar-refractivity contribution < 1.29 is 18.4 Å². The van der Waals surface area contributed by atoms with Crippen LogP contribution in [0.15, 0.2) is 11.4 Å². The number of rotatable bonds is 5. The summed E-state index contributed by atoms with van der Waals surface area (Å²) < 4.78 is 26.1. The Morgan fingerprint density at radius 3 is 2.29 bits per heavy atom. The maximum absolute atomic E-state index is 14.1. The molecule has 0 bridgehead atoms. The Balaban J connectivity index is 1.63. The van der Waals surface area contributed by atoms with Crippen LogP contribution in [-0.2, 0) is 18.4 Å². The number of amides is 1. The summed E-state index contributed by atoms with van der Waals surface area (Å²) in [4.78, 5) is 14.4. The third-order valence-electron chi connectivity index (χ3n) is 9.09. The lowest BCUT2D eigenvalue weighted by Gasteiger charge is -2.61. The summed E-state index contributed by atoms with van der Waals surface area (Å²) in [6, 6.07) is 0.368. The zero-order chi connectivity index (χ0) is 22.8. The Hall–Kier alpha value is -0.640. The second-order valence-corrected chi connectivity index (χ2v) is 13.5. The third-order valence-corrected chi connectivity index (χ3v) is 11.8. The molecule has 1 amide bonds. The summed E-state index contributed by atoms with van der Waals surface area (Å²) in [5, 5.41) is 0.939. The minimum atomic E-state index is -3.34. The van der Waals surface area contributed by atoms with Gasteiger partial charge in [-0.05, 0) is 89.4 Å². The van der Waals surface area contributed by atoms with Crippen molar-refractivity contribution in [3.05, 3.63) is 11.4 Å². The van der Waals surface area contributed by atoms with Crippen molar-refractivity contribution in [2.24, 2.45) is 28.6 Å². The van der Waals surface area contributed by atoms with Crippen LogP contribution in [0.4, 0.5) is 0 Å². The highest BCUT2D eigenvalue weighted by Crippen LogP contribution is 2.73. The molecule has 31 heavy (non-hydrogen) atoms. The normalized spacial score (nSPS) is 40.6. The SMILES string of the molecule is CC(C)OP(=O)(OC(C)C)C1=CC[C@H]2[C@@H]3CC[C@H]4N(C)C(=O)CC[C@]4(C)[C@H]3CC[C@]12C. The number of piperidine rings is 1. The van der Waals surface area contributed by atoms with Gasteiger partial charge in [0.05, 0.1) is 12.2 Å². The Bertz CT molecular complexity index is 793. The summed E-state index contributed by atoms with van der Waals surface area (Å²) in [6.07, 6.45) is 8.98. The van der Waals surface area contributed by atoms with E-state index in [0.717, 1.165) is 43.8 Å². The molecule has 3 fully saturated rings. The molecule has 0 aromatic carbocycles. The van der Waals surface area contributed by atoms with Gasteiger partial charge in [-0.1, -0.05) is 19.9 Å². The van der Waals surface area contributed by atoms with Gasteiger partial charge in [0.15, 0.2) is 0 Å². The highest BCUT2D eigenvalue weighted by Gasteiger charge is 2.62. The molecule has 0 spiro atoms. The maximum Gasteiger partial charge on any atom is 0.358 e. The van der Waals surface area contributed by atoms with Gasteiger partial charge in [-0.2, -0.15) is 0 Å². The highest BCUT2D eigenvalue weighted by molar-refractivity contribution is 7.58. The van der Waals surface area contributed by atoms with Crippen LogP contribution in [0, 0.1) is 28.6 Å². The van der Waals surface area contributed by atoms with E-state index in [9.17, 15) is 9.36 Å². The Morgan fingerprint density at radius 2 is 1.68 bits per heavy atom. The van der Waals surface area contributed by atoms with Crippen LogP contribution in [0.25, 0.3) is 0 Å². The molecular weight excluding hydrogens is 409 g/mol. The summed E-state index contributed by atoms with van der Waals surface area (Å²) in [6.45, 7) is 12.5. The largest absolute Gasteiger partial charge is 0.358 e. The lowest BCUT2D eigenvalue weighted by atomic mass is 9.47. The molecule has 1 saturated heterocycles. The fourth-order valence-corrected chi connectivity index (χ4v) is 10.4. The standard InChI is InChI=1S/C25H42NO4P/c1-16(2)29-31(28,30-17(3)4)22-11-9-19-18-8-10-21-24(5,15-13-23(27)26(21)7)20(18)12-14-25(19,22)6/h11,16-21H,8-10,12-15H2,1-7H3/t18-,19-,20-,21+,24+,25-/m0/s1. The molecule has 176 valence electrons. The van der Waals surface area contributed by atoms with E-state index < -0.39 is 7.60 Å². The number of carbonyl (C=O) groups is 1. The van der Waals surface area contributed by atoms with Crippen molar-refractivity contribution in [3.8, 4) is 0 Å². The molecule has 3 aliphatic carbocycles. The molecular formula is C25H42NO4P. The maximum atomic E-state index is 14.1. The minimum Gasteiger partial charge on any atom is -0.342 e. The molecule has 4 aliphatic rings. The van der Waals surface area contributed by atoms with Crippen molar-refractivity contribution >= 4 is 13.5 Å². The number of hydrogen-bond acceptors (Lipinski definition) is 4. The summed E-state index contributed by atoms with van der Waals surface area (Å²) in [7, 11) is -1.33. The molecule has 2 saturated carbocycles. The van der Waals surface area contributed by atoms with Crippen LogP contribution in [0.1, 0.15) is 86.5 Å². The van der Waals surface area contributed by atoms with E-state index in [-0.39, 0.29) is 23.0 Å². The number of fused-ring (bicyclic) bond motifs is 5. The molecule has 0 N–H and O–H groups in total. The van der Waals surface area contributed by atoms with Gasteiger partial charge in [0.25, 0.3) is 0 Å². The predicted octanol–water partition coefficient (Wildman–Crippen LogP) is 6.39. The van der Waals surface area contributed by atoms with Gasteiger partial charge in [0, 0.05) is 30.2 Å². The Labute approximate surface area is 188 Å². The van der Waals surface area contributed by atoms with Crippen LogP contribution in [0.3, 0.4) is 0 Å². The second kappa shape index (κ2) is 7.99. The minimum absolute atomic E-state index is 0.125. The number of likely N-dealkylation sites (tertiary alicyclic amines) is 1. The zero-order valence-corrected chi connectivity index (χ0v) is 21.4. The molecule has 1 heterocycles. The molecule has 4 rings (SSSR count). The van der Waals surface area contributed by atoms with E-state index in [1.54, 1.807) is 0 Å². The lowest BCUT2D eigenvalue weighted by molar-refractivity contribution is -0.156. The number of allylic oxidation sites excluding steroid dienone is 2. The number of nitrogens with zero attached hydrogens (tertiary/aromatic N) is 1. The van der Waals surface area contributed by atoms with Crippen molar-refractivity contribution in [1.82, 2.24) is 4.90 Å². The molecule has 6 atom stereocenters. The van der Waals surface area contributed by atoms with E-state index in [0.29, 0.717) is 36.1 Å². The highest BCUT2D eigenvalue weighted by atomic mass is 31.2. The molecule has 0 radical (unpaired) electrons. The van der Waals surface area contributed by atoms with E-state index in [1.165, 1.54) is 0 Å². The predicted molar refractivity (Wildman–Crippen MR) is 124 cm³/mol. The monoisotopic (exact) mass is 451 g/mol. The Morgan fingerprint density at radius 1 is 1.03 bits per heavy atom. The quantitative estimate of drug-likeness (QED) is 0.455. The fourth-order valence-electron chi connectivity index (χ4n) is 7.81. The average molecular weight is 452 g/mol. The van der Waals surface area contributed by atoms with Crippen molar-refractivity contribution in [2.45, 2.75) is 105 Å². The lowest BCUT2D eigenvalue weighted by Crippen LogP contribution is -2.61. The van der Waals surface area contributed by atoms with Crippen LogP contribution in [-0.4, -0.2) is 36.1 Å². The zero-order valence-electron chi connectivity index (χ0n) is 20.5. The van der Waals surface area contributed by atoms with Crippen molar-refractivity contribution in [2.75, 3.05) is 7.05 Å². The molecule has 0 aromatic rings. The van der Waals surface area contributed by atoms with Crippen LogP contribution >= 0.6 is 7.60 Å². The van der Waals surface area contributed by atoms with Gasteiger partial charge in [0.2, 0.25) is 5.91 Å². The van der Waals surface area contributed by atoms with Crippen molar-refractivity contribution in [1.29, 1.82) is 0 Å². The van der Waals surface area contributed by atoms with Gasteiger partial charge < -0.3 is 13.9 Å². The molecule has 6 heteroatoms. The first-order valence-corrected chi connectivity index (χ1v) is 13.9. The van der Waals surface area contributed by atoms with Crippen LogP contribution in [0.5, 0.6) is 0 Å². The van der Waals surface area contributed by atoms with Gasteiger partial charge in [-0.25, -0.2) is 0 Å². The number of hydrogen-bond donors (Lipinski definition) is 0. The third kappa shape index (κ3) is 3.67. The van der Waals surface area contributed by atoms with Gasteiger partial charge in [0.1, 0.15) is 0 Å². The van der Waals surface area contributed by atoms with Gasteiger partial charge in [-0.3, -0.25) is 9.36 Å². The molecule has 1 aliphatic heterocycles. The van der Waals surface area contributed by atoms with Gasteiger partial charge in [-0.15, -0.1) is 0 Å².